The second-order valence-electron chi connectivity index (χ2n) is 6.22. The van der Waals surface area contributed by atoms with Crippen LogP contribution in [0.25, 0.3) is 0 Å². The third kappa shape index (κ3) is 5.26. The van der Waals surface area contributed by atoms with Crippen LogP contribution in [0.2, 0.25) is 5.02 Å². The normalized spacial score (nSPS) is 16.0. The predicted octanol–water partition coefficient (Wildman–Crippen LogP) is 1.80. The average Bonchev–Trinajstić information content (AvgIpc) is 2.62. The van der Waals surface area contributed by atoms with E-state index in [1.54, 1.807) is 43.0 Å². The van der Waals surface area contributed by atoms with E-state index < -0.39 is 22.2 Å². The van der Waals surface area contributed by atoms with E-state index in [1.165, 1.54) is 4.90 Å². The van der Waals surface area contributed by atoms with Crippen molar-refractivity contribution in [3.8, 4) is 0 Å². The Labute approximate surface area is 164 Å². The fourth-order valence-corrected chi connectivity index (χ4v) is 4.27. The van der Waals surface area contributed by atoms with Crippen molar-refractivity contribution in [1.82, 2.24) is 9.80 Å². The number of ether oxygens (including phenoxy) is 1. The van der Waals surface area contributed by atoms with E-state index >= 15 is 0 Å². The molecule has 0 saturated carbocycles. The average molecular weight is 418 g/mol. The van der Waals surface area contributed by atoms with Gasteiger partial charge in [-0.3, -0.25) is 9.10 Å². The highest BCUT2D eigenvalue weighted by molar-refractivity contribution is 7.92. The van der Waals surface area contributed by atoms with Crippen LogP contribution in [0.3, 0.4) is 0 Å². The molecule has 1 saturated heterocycles. The zero-order valence-electron chi connectivity index (χ0n) is 15.6. The molecular weight excluding hydrogens is 394 g/mol. The number of anilines is 1. The third-order valence-corrected chi connectivity index (χ3v) is 5.76. The topological polar surface area (TPSA) is 87.2 Å². The lowest BCUT2D eigenvalue weighted by atomic mass is 10.2. The maximum atomic E-state index is 12.9. The molecule has 2 amide bonds. The fourth-order valence-electron chi connectivity index (χ4n) is 2.98. The van der Waals surface area contributed by atoms with Gasteiger partial charge in [-0.05, 0) is 38.1 Å². The number of hydrogen-bond acceptors (Lipinski definition) is 5. The van der Waals surface area contributed by atoms with Crippen LogP contribution in [-0.4, -0.2) is 75.3 Å². The van der Waals surface area contributed by atoms with Gasteiger partial charge in [0.15, 0.2) is 0 Å². The van der Waals surface area contributed by atoms with Crippen LogP contribution in [-0.2, 0) is 19.6 Å². The van der Waals surface area contributed by atoms with Gasteiger partial charge in [0, 0.05) is 31.2 Å². The van der Waals surface area contributed by atoms with Gasteiger partial charge in [-0.2, -0.15) is 0 Å². The lowest BCUT2D eigenvalue weighted by Gasteiger charge is -2.37. The number of hydrogen-bond donors (Lipinski definition) is 0. The Morgan fingerprint density at radius 1 is 1.15 bits per heavy atom. The van der Waals surface area contributed by atoms with Crippen molar-refractivity contribution < 1.29 is 22.7 Å². The van der Waals surface area contributed by atoms with Crippen molar-refractivity contribution in [3.05, 3.63) is 29.3 Å². The van der Waals surface area contributed by atoms with Gasteiger partial charge in [0.1, 0.15) is 6.04 Å². The molecule has 0 radical (unpaired) electrons. The SMILES string of the molecule is CCOC(=O)N1CCN(C(=O)[C@@H](C)N(c2ccc(Cl)cc2)S(C)(=O)=O)CC1. The molecule has 10 heteroatoms. The van der Waals surface area contributed by atoms with Crippen molar-refractivity contribution in [3.63, 3.8) is 0 Å². The highest BCUT2D eigenvalue weighted by Crippen LogP contribution is 2.24. The molecule has 1 fully saturated rings. The van der Waals surface area contributed by atoms with Crippen LogP contribution in [0.1, 0.15) is 13.8 Å². The molecule has 0 aromatic heterocycles. The molecule has 0 N–H and O–H groups in total. The molecule has 8 nitrogen and oxygen atoms in total. The van der Waals surface area contributed by atoms with Crippen molar-refractivity contribution in [2.24, 2.45) is 0 Å². The summed E-state index contributed by atoms with van der Waals surface area (Å²) in [5.41, 5.74) is 0.368. The second-order valence-corrected chi connectivity index (χ2v) is 8.52. The van der Waals surface area contributed by atoms with Crippen LogP contribution in [0.15, 0.2) is 24.3 Å². The summed E-state index contributed by atoms with van der Waals surface area (Å²) in [7, 11) is -3.69. The zero-order valence-corrected chi connectivity index (χ0v) is 17.2. The molecule has 0 spiro atoms. The third-order valence-electron chi connectivity index (χ3n) is 4.26. The summed E-state index contributed by atoms with van der Waals surface area (Å²) >= 11 is 5.87. The quantitative estimate of drug-likeness (QED) is 0.728. The first-order chi connectivity index (χ1) is 12.6. The summed E-state index contributed by atoms with van der Waals surface area (Å²) in [4.78, 5) is 27.7. The maximum Gasteiger partial charge on any atom is 0.409 e. The lowest BCUT2D eigenvalue weighted by molar-refractivity contribution is -0.133. The number of carbonyl (C=O) groups excluding carboxylic acids is 2. The van der Waals surface area contributed by atoms with Gasteiger partial charge in [0.25, 0.3) is 0 Å². The van der Waals surface area contributed by atoms with Crippen molar-refractivity contribution >= 4 is 39.3 Å². The Morgan fingerprint density at radius 2 is 1.67 bits per heavy atom. The Morgan fingerprint density at radius 3 is 2.15 bits per heavy atom. The Kier molecular flexibility index (Phi) is 6.94. The van der Waals surface area contributed by atoms with E-state index in [1.807, 2.05) is 0 Å². The van der Waals surface area contributed by atoms with Crippen LogP contribution in [0.5, 0.6) is 0 Å². The summed E-state index contributed by atoms with van der Waals surface area (Å²) in [5.74, 6) is -0.320. The summed E-state index contributed by atoms with van der Waals surface area (Å²) in [6.07, 6.45) is 0.654. The minimum absolute atomic E-state index is 0.291. The number of benzene rings is 1. The van der Waals surface area contributed by atoms with E-state index in [9.17, 15) is 18.0 Å². The largest absolute Gasteiger partial charge is 0.450 e. The molecular formula is C17H24ClN3O5S. The summed E-state index contributed by atoms with van der Waals surface area (Å²) < 4.78 is 30.7. The minimum Gasteiger partial charge on any atom is -0.450 e. The molecule has 1 aromatic rings. The molecule has 0 bridgehead atoms. The first-order valence-electron chi connectivity index (χ1n) is 8.60. The van der Waals surface area contributed by atoms with Crippen LogP contribution in [0.4, 0.5) is 10.5 Å². The highest BCUT2D eigenvalue weighted by atomic mass is 35.5. The van der Waals surface area contributed by atoms with Gasteiger partial charge >= 0.3 is 6.09 Å². The lowest BCUT2D eigenvalue weighted by Crippen LogP contribution is -2.56. The maximum absolute atomic E-state index is 12.9. The Bertz CT molecular complexity index is 776. The second kappa shape index (κ2) is 8.79. The Hall–Kier alpha value is -2.00. The van der Waals surface area contributed by atoms with E-state index in [0.29, 0.717) is 43.5 Å². The molecule has 1 atom stereocenters. The van der Waals surface area contributed by atoms with E-state index in [4.69, 9.17) is 16.3 Å². The van der Waals surface area contributed by atoms with Crippen LogP contribution >= 0.6 is 11.6 Å². The molecule has 0 unspecified atom stereocenters. The van der Waals surface area contributed by atoms with Crippen molar-refractivity contribution in [2.75, 3.05) is 43.3 Å². The van der Waals surface area contributed by atoms with Crippen molar-refractivity contribution in [2.45, 2.75) is 19.9 Å². The number of piperazine rings is 1. The first kappa shape index (κ1) is 21.3. The van der Waals surface area contributed by atoms with E-state index in [-0.39, 0.29) is 5.91 Å². The summed E-state index contributed by atoms with van der Waals surface area (Å²) in [6, 6.07) is 5.35. The molecule has 150 valence electrons. The van der Waals surface area contributed by atoms with Crippen LogP contribution in [0, 0.1) is 0 Å². The van der Waals surface area contributed by atoms with Crippen molar-refractivity contribution in [1.29, 1.82) is 0 Å². The van der Waals surface area contributed by atoms with Gasteiger partial charge < -0.3 is 14.5 Å². The molecule has 1 heterocycles. The fraction of sp³-hybridized carbons (Fsp3) is 0.529. The van der Waals surface area contributed by atoms with Gasteiger partial charge in [-0.15, -0.1) is 0 Å². The van der Waals surface area contributed by atoms with E-state index in [0.717, 1.165) is 10.6 Å². The number of rotatable bonds is 5. The smallest absolute Gasteiger partial charge is 0.409 e. The molecule has 0 aliphatic carbocycles. The molecule has 2 rings (SSSR count). The standard InChI is InChI=1S/C17H24ClN3O5S/c1-4-26-17(23)20-11-9-19(10-12-20)16(22)13(2)21(27(3,24)25)15-7-5-14(18)6-8-15/h5-8,13H,4,9-12H2,1-3H3/t13-/m1/s1. The van der Waals surface area contributed by atoms with Crippen LogP contribution < -0.4 is 4.31 Å². The minimum atomic E-state index is -3.69. The van der Waals surface area contributed by atoms with Gasteiger partial charge in [-0.25, -0.2) is 13.2 Å². The summed E-state index contributed by atoms with van der Waals surface area (Å²) in [6.45, 7) is 4.90. The van der Waals surface area contributed by atoms with Gasteiger partial charge in [-0.1, -0.05) is 11.6 Å². The highest BCUT2D eigenvalue weighted by Gasteiger charge is 2.34. The predicted molar refractivity (Wildman–Crippen MR) is 103 cm³/mol. The van der Waals surface area contributed by atoms with Gasteiger partial charge in [0.05, 0.1) is 18.6 Å². The monoisotopic (exact) mass is 417 g/mol. The molecule has 27 heavy (non-hydrogen) atoms. The number of nitrogens with zero attached hydrogens (tertiary/aromatic N) is 3. The zero-order chi connectivity index (χ0) is 20.2. The molecule has 1 aliphatic rings. The Balaban J connectivity index is 2.12. The first-order valence-corrected chi connectivity index (χ1v) is 10.8. The van der Waals surface area contributed by atoms with Gasteiger partial charge in [0.2, 0.25) is 15.9 Å². The summed E-state index contributed by atoms with van der Waals surface area (Å²) in [5, 5.41) is 0.473. The number of amides is 2. The molecule has 1 aromatic carbocycles. The number of halogens is 1. The van der Waals surface area contributed by atoms with E-state index in [2.05, 4.69) is 0 Å². The number of sulfonamides is 1. The number of carbonyl (C=O) groups is 2. The molecule has 1 aliphatic heterocycles.